The van der Waals surface area contributed by atoms with Gasteiger partial charge in [0.05, 0.1) is 6.54 Å². The smallest absolute Gasteiger partial charge is 0.218 e. The van der Waals surface area contributed by atoms with Crippen LogP contribution in [-0.2, 0) is 4.74 Å². The van der Waals surface area contributed by atoms with E-state index in [1.807, 2.05) is 0 Å². The lowest BCUT2D eigenvalue weighted by Crippen LogP contribution is -3.32. The van der Waals surface area contributed by atoms with Crippen LogP contribution >= 0.6 is 0 Å². The van der Waals surface area contributed by atoms with E-state index in [4.69, 9.17) is 4.74 Å². The van der Waals surface area contributed by atoms with Gasteiger partial charge in [0, 0.05) is 0 Å². The standard InChI is InChI=1S/C16H24N2O.2ClH/c1-2-3-9-18-11-16(12-18)13-19-15(10-17-16)14-7-5-4-6-8-14;;/h4-8,15,17H,2-3,9-13H2,1H3;2*1H. The van der Waals surface area contributed by atoms with Crippen LogP contribution in [0.25, 0.3) is 0 Å². The maximum atomic E-state index is 6.13. The zero-order chi connectivity index (χ0) is 13.1. The Labute approximate surface area is 140 Å². The van der Waals surface area contributed by atoms with Gasteiger partial charge in [0.1, 0.15) is 32.3 Å². The van der Waals surface area contributed by atoms with Crippen molar-refractivity contribution in [1.29, 1.82) is 0 Å². The summed E-state index contributed by atoms with van der Waals surface area (Å²) in [4.78, 5) is 1.76. The first kappa shape index (κ1) is 18.7. The molecule has 0 radical (unpaired) electrons. The molecule has 2 heterocycles. The summed E-state index contributed by atoms with van der Waals surface area (Å²) < 4.78 is 6.13. The molecule has 3 nitrogen and oxygen atoms in total. The van der Waals surface area contributed by atoms with Crippen molar-refractivity contribution in [2.24, 2.45) is 0 Å². The summed E-state index contributed by atoms with van der Waals surface area (Å²) in [5.41, 5.74) is 1.72. The van der Waals surface area contributed by atoms with Gasteiger partial charge in [-0.3, -0.25) is 0 Å². The van der Waals surface area contributed by atoms with E-state index in [1.54, 1.807) is 4.90 Å². The Hall–Kier alpha value is -0.320. The predicted molar refractivity (Wildman–Crippen MR) is 75.1 cm³/mol. The number of likely N-dealkylation sites (tertiary alicyclic amines) is 1. The topological polar surface area (TPSA) is 30.3 Å². The molecule has 1 spiro atoms. The van der Waals surface area contributed by atoms with E-state index in [9.17, 15) is 0 Å². The molecule has 0 aliphatic carbocycles. The molecular weight excluding hydrogens is 307 g/mol. The largest absolute Gasteiger partial charge is 1.00 e. The van der Waals surface area contributed by atoms with Crippen molar-refractivity contribution in [3.05, 3.63) is 35.9 Å². The Balaban J connectivity index is 0.00000110. The molecule has 1 aromatic carbocycles. The highest BCUT2D eigenvalue weighted by Crippen LogP contribution is 2.20. The molecule has 21 heavy (non-hydrogen) atoms. The number of halogens is 2. The lowest BCUT2D eigenvalue weighted by molar-refractivity contribution is -1.01. The minimum absolute atomic E-state index is 0. The van der Waals surface area contributed by atoms with E-state index in [2.05, 4.69) is 42.6 Å². The molecule has 1 unspecified atom stereocenters. The Morgan fingerprint density at radius 1 is 1.24 bits per heavy atom. The van der Waals surface area contributed by atoms with Gasteiger partial charge in [0.15, 0.2) is 0 Å². The maximum absolute atomic E-state index is 6.13. The molecule has 0 amide bonds. The van der Waals surface area contributed by atoms with Crippen LogP contribution in [0.4, 0.5) is 0 Å². The highest BCUT2D eigenvalue weighted by Gasteiger charge is 2.54. The van der Waals surface area contributed by atoms with Crippen molar-refractivity contribution in [3.63, 3.8) is 0 Å². The van der Waals surface area contributed by atoms with Crippen molar-refractivity contribution in [2.75, 3.05) is 32.8 Å². The molecule has 1 atom stereocenters. The van der Waals surface area contributed by atoms with Gasteiger partial charge >= 0.3 is 0 Å². The normalized spacial score (nSPS) is 30.9. The number of nitrogens with two attached hydrogens (primary N) is 1. The second-order valence-electron chi connectivity index (χ2n) is 6.22. The molecule has 2 aliphatic heterocycles. The number of unbranched alkanes of at least 4 members (excludes halogenated alkanes) is 1. The number of ether oxygens (including phenoxy) is 1. The first-order valence-corrected chi connectivity index (χ1v) is 7.66. The molecule has 0 aromatic heterocycles. The summed E-state index contributed by atoms with van der Waals surface area (Å²) >= 11 is 0. The minimum Gasteiger partial charge on any atom is -1.00 e. The summed E-state index contributed by atoms with van der Waals surface area (Å²) in [6.07, 6.45) is 2.96. The fourth-order valence-corrected chi connectivity index (χ4v) is 3.44. The summed E-state index contributed by atoms with van der Waals surface area (Å²) in [5, 5.41) is 2.55. The highest BCUT2D eigenvalue weighted by molar-refractivity contribution is 5.17. The van der Waals surface area contributed by atoms with Gasteiger partial charge in [-0.15, -0.1) is 0 Å². The van der Waals surface area contributed by atoms with Crippen molar-refractivity contribution in [3.8, 4) is 0 Å². The molecule has 2 fully saturated rings. The number of morpholine rings is 1. The molecule has 1 aromatic rings. The number of hydrogen-bond donors (Lipinski definition) is 2. The summed E-state index contributed by atoms with van der Waals surface area (Å²) in [6, 6.07) is 10.6. The molecule has 2 saturated heterocycles. The summed E-state index contributed by atoms with van der Waals surface area (Å²) in [7, 11) is 0. The van der Waals surface area contributed by atoms with Gasteiger partial charge in [0.25, 0.3) is 0 Å². The van der Waals surface area contributed by atoms with Gasteiger partial charge in [0.2, 0.25) is 5.54 Å². The van der Waals surface area contributed by atoms with Crippen LogP contribution in [0.2, 0.25) is 0 Å². The number of benzene rings is 1. The quantitative estimate of drug-likeness (QED) is 0.564. The molecular formula is C16H26Cl2N2O. The predicted octanol–water partition coefficient (Wildman–Crippen LogP) is -6.23. The first-order chi connectivity index (χ1) is 9.31. The molecule has 3 rings (SSSR count). The number of hydrogen-bond acceptors (Lipinski definition) is 1. The molecule has 2 aliphatic rings. The minimum atomic E-state index is 0. The third-order valence-corrected chi connectivity index (χ3v) is 4.60. The van der Waals surface area contributed by atoms with Crippen LogP contribution in [0.3, 0.4) is 0 Å². The van der Waals surface area contributed by atoms with E-state index in [0.29, 0.717) is 5.54 Å². The van der Waals surface area contributed by atoms with Crippen molar-refractivity contribution >= 4 is 0 Å². The van der Waals surface area contributed by atoms with Crippen LogP contribution in [0.5, 0.6) is 0 Å². The number of nitrogens with one attached hydrogen (secondary N) is 1. The molecule has 5 heteroatoms. The highest BCUT2D eigenvalue weighted by atomic mass is 35.5. The lowest BCUT2D eigenvalue weighted by atomic mass is 9.88. The fourth-order valence-electron chi connectivity index (χ4n) is 3.44. The molecule has 3 N–H and O–H groups in total. The first-order valence-electron chi connectivity index (χ1n) is 7.66. The van der Waals surface area contributed by atoms with Crippen LogP contribution in [0, 0.1) is 0 Å². The number of rotatable bonds is 4. The average molecular weight is 333 g/mol. The zero-order valence-corrected chi connectivity index (χ0v) is 14.2. The number of quaternary nitrogens is 2. The molecule has 0 saturated carbocycles. The third kappa shape index (κ3) is 4.33. The second kappa shape index (κ2) is 8.35. The summed E-state index contributed by atoms with van der Waals surface area (Å²) in [5.74, 6) is 0. The van der Waals surface area contributed by atoms with E-state index in [1.165, 1.54) is 38.0 Å². The SMILES string of the molecule is CCCC[NH+]1CC2(COC(c3ccccc3)C[NH2+]2)C1.[Cl-].[Cl-]. The second-order valence-corrected chi connectivity index (χ2v) is 6.22. The van der Waals surface area contributed by atoms with Crippen LogP contribution in [-0.4, -0.2) is 38.3 Å². The van der Waals surface area contributed by atoms with E-state index in [0.717, 1.165) is 13.2 Å². The third-order valence-electron chi connectivity index (χ3n) is 4.60. The Morgan fingerprint density at radius 2 is 1.95 bits per heavy atom. The van der Waals surface area contributed by atoms with Crippen molar-refractivity contribution < 1.29 is 39.8 Å². The van der Waals surface area contributed by atoms with Crippen molar-refractivity contribution in [2.45, 2.75) is 31.4 Å². The average Bonchev–Trinajstić information content (AvgIpc) is 2.44. The summed E-state index contributed by atoms with van der Waals surface area (Å²) in [6.45, 7) is 8.18. The van der Waals surface area contributed by atoms with Crippen LogP contribution < -0.4 is 35.0 Å². The van der Waals surface area contributed by atoms with Gasteiger partial charge in [-0.05, 0) is 12.0 Å². The van der Waals surface area contributed by atoms with Crippen LogP contribution in [0.15, 0.2) is 30.3 Å². The van der Waals surface area contributed by atoms with Gasteiger partial charge in [-0.2, -0.15) is 0 Å². The Bertz CT molecular complexity index is 400. The van der Waals surface area contributed by atoms with Gasteiger partial charge in [-0.1, -0.05) is 43.7 Å². The lowest BCUT2D eigenvalue weighted by Gasteiger charge is -2.46. The van der Waals surface area contributed by atoms with E-state index < -0.39 is 0 Å². The monoisotopic (exact) mass is 332 g/mol. The van der Waals surface area contributed by atoms with E-state index >= 15 is 0 Å². The Morgan fingerprint density at radius 3 is 2.52 bits per heavy atom. The van der Waals surface area contributed by atoms with E-state index in [-0.39, 0.29) is 30.9 Å². The van der Waals surface area contributed by atoms with Gasteiger partial charge in [-0.25, -0.2) is 0 Å². The fraction of sp³-hybridized carbons (Fsp3) is 0.625. The maximum Gasteiger partial charge on any atom is 0.218 e. The van der Waals surface area contributed by atoms with Crippen LogP contribution in [0.1, 0.15) is 31.4 Å². The molecule has 120 valence electrons. The van der Waals surface area contributed by atoms with Gasteiger partial charge < -0.3 is 39.8 Å². The zero-order valence-electron chi connectivity index (χ0n) is 12.7. The molecule has 0 bridgehead atoms. The Kier molecular flexibility index (Phi) is 7.45. The van der Waals surface area contributed by atoms with Crippen molar-refractivity contribution in [1.82, 2.24) is 0 Å².